The highest BCUT2D eigenvalue weighted by Crippen LogP contribution is 2.35. The molecule has 0 N–H and O–H groups in total. The first kappa shape index (κ1) is 13.5. The van der Waals surface area contributed by atoms with Crippen LogP contribution in [-0.4, -0.2) is 11.1 Å². The standard InChI is InChI=1S/C10H7BrClF3O/c1-5-2-6(12)3-7(10(13,14)15)9(5)8(16)4-11/h2-3H,4H2,1H3. The van der Waals surface area contributed by atoms with Crippen molar-refractivity contribution in [3.8, 4) is 0 Å². The lowest BCUT2D eigenvalue weighted by Gasteiger charge is -2.14. The minimum Gasteiger partial charge on any atom is -0.293 e. The van der Waals surface area contributed by atoms with Gasteiger partial charge in [0.1, 0.15) is 0 Å². The Hall–Kier alpha value is -0.550. The third-order valence-corrected chi connectivity index (χ3v) is 2.73. The Balaban J connectivity index is 3.51. The molecule has 0 heterocycles. The fourth-order valence-electron chi connectivity index (χ4n) is 1.40. The van der Waals surface area contributed by atoms with Crippen LogP contribution >= 0.6 is 27.5 Å². The van der Waals surface area contributed by atoms with Gasteiger partial charge in [-0.15, -0.1) is 0 Å². The molecule has 0 unspecified atom stereocenters. The van der Waals surface area contributed by atoms with Crippen LogP contribution < -0.4 is 0 Å². The fourth-order valence-corrected chi connectivity index (χ4v) is 1.96. The second kappa shape index (κ2) is 4.75. The Kier molecular flexibility index (Phi) is 4.02. The second-order valence-electron chi connectivity index (χ2n) is 3.20. The van der Waals surface area contributed by atoms with Crippen molar-refractivity contribution in [3.05, 3.63) is 33.8 Å². The summed E-state index contributed by atoms with van der Waals surface area (Å²) < 4.78 is 38.0. The number of halogens is 5. The van der Waals surface area contributed by atoms with Gasteiger partial charge in [-0.25, -0.2) is 0 Å². The summed E-state index contributed by atoms with van der Waals surface area (Å²) in [6.07, 6.45) is -4.58. The van der Waals surface area contributed by atoms with Crippen molar-refractivity contribution in [2.75, 3.05) is 5.33 Å². The van der Waals surface area contributed by atoms with Crippen LogP contribution in [0.3, 0.4) is 0 Å². The quantitative estimate of drug-likeness (QED) is 0.589. The van der Waals surface area contributed by atoms with Crippen molar-refractivity contribution in [1.82, 2.24) is 0 Å². The Bertz CT molecular complexity index is 429. The first-order chi connectivity index (χ1) is 7.27. The van der Waals surface area contributed by atoms with E-state index in [1.807, 2.05) is 0 Å². The number of ketones is 1. The van der Waals surface area contributed by atoms with Gasteiger partial charge in [0.2, 0.25) is 0 Å². The summed E-state index contributed by atoms with van der Waals surface area (Å²) in [6.45, 7) is 1.43. The summed E-state index contributed by atoms with van der Waals surface area (Å²) >= 11 is 8.41. The summed E-state index contributed by atoms with van der Waals surface area (Å²) in [5, 5.41) is -0.186. The molecule has 16 heavy (non-hydrogen) atoms. The minimum absolute atomic E-state index is 0.0315. The normalized spacial score (nSPS) is 11.6. The van der Waals surface area contributed by atoms with Crippen LogP contribution in [0.4, 0.5) is 13.2 Å². The molecule has 1 nitrogen and oxygen atoms in total. The van der Waals surface area contributed by atoms with Crippen molar-refractivity contribution in [2.24, 2.45) is 0 Å². The Labute approximate surface area is 104 Å². The summed E-state index contributed by atoms with van der Waals surface area (Å²) in [4.78, 5) is 11.4. The van der Waals surface area contributed by atoms with Crippen molar-refractivity contribution >= 4 is 33.3 Å². The van der Waals surface area contributed by atoms with E-state index in [4.69, 9.17) is 11.6 Å². The van der Waals surface area contributed by atoms with E-state index in [-0.39, 0.29) is 21.5 Å². The van der Waals surface area contributed by atoms with Crippen LogP contribution in [0, 0.1) is 6.92 Å². The highest BCUT2D eigenvalue weighted by molar-refractivity contribution is 9.09. The van der Waals surface area contributed by atoms with Crippen molar-refractivity contribution < 1.29 is 18.0 Å². The smallest absolute Gasteiger partial charge is 0.293 e. The Morgan fingerprint density at radius 2 is 2.00 bits per heavy atom. The Morgan fingerprint density at radius 1 is 1.44 bits per heavy atom. The average molecular weight is 316 g/mol. The number of carbonyl (C=O) groups is 1. The van der Waals surface area contributed by atoms with E-state index < -0.39 is 17.5 Å². The van der Waals surface area contributed by atoms with Crippen LogP contribution in [0.15, 0.2) is 12.1 Å². The van der Waals surface area contributed by atoms with Crippen molar-refractivity contribution in [2.45, 2.75) is 13.1 Å². The van der Waals surface area contributed by atoms with E-state index in [0.29, 0.717) is 0 Å². The molecule has 0 saturated carbocycles. The average Bonchev–Trinajstić information content (AvgIpc) is 2.14. The van der Waals surface area contributed by atoms with Gasteiger partial charge in [0.15, 0.2) is 5.78 Å². The molecule has 88 valence electrons. The molecule has 0 spiro atoms. The van der Waals surface area contributed by atoms with E-state index in [2.05, 4.69) is 15.9 Å². The number of benzene rings is 1. The number of aryl methyl sites for hydroxylation is 1. The van der Waals surface area contributed by atoms with E-state index in [1.165, 1.54) is 13.0 Å². The van der Waals surface area contributed by atoms with Gasteiger partial charge in [-0.2, -0.15) is 13.2 Å². The number of rotatable bonds is 2. The number of hydrogen-bond acceptors (Lipinski definition) is 1. The second-order valence-corrected chi connectivity index (χ2v) is 4.20. The van der Waals surface area contributed by atoms with Gasteiger partial charge >= 0.3 is 6.18 Å². The van der Waals surface area contributed by atoms with E-state index >= 15 is 0 Å². The molecule has 0 bridgehead atoms. The summed E-state index contributed by atoms with van der Waals surface area (Å²) in [6, 6.07) is 2.11. The highest BCUT2D eigenvalue weighted by Gasteiger charge is 2.36. The lowest BCUT2D eigenvalue weighted by atomic mass is 9.98. The molecule has 1 rings (SSSR count). The fraction of sp³-hybridized carbons (Fsp3) is 0.300. The van der Waals surface area contributed by atoms with Gasteiger partial charge in [-0.3, -0.25) is 4.79 Å². The zero-order valence-electron chi connectivity index (χ0n) is 8.16. The van der Waals surface area contributed by atoms with Crippen LogP contribution in [0.5, 0.6) is 0 Å². The monoisotopic (exact) mass is 314 g/mol. The molecule has 0 aliphatic carbocycles. The predicted octanol–water partition coefficient (Wildman–Crippen LogP) is 4.24. The van der Waals surface area contributed by atoms with Crippen LogP contribution in [-0.2, 0) is 6.18 Å². The first-order valence-corrected chi connectivity index (χ1v) is 5.74. The van der Waals surface area contributed by atoms with Gasteiger partial charge in [0, 0.05) is 10.6 Å². The molecule has 0 fully saturated rings. The summed E-state index contributed by atoms with van der Waals surface area (Å²) in [5.41, 5.74) is -1.08. The maximum atomic E-state index is 12.7. The van der Waals surface area contributed by atoms with Crippen molar-refractivity contribution in [3.63, 3.8) is 0 Å². The summed E-state index contributed by atoms with van der Waals surface area (Å²) in [7, 11) is 0. The molecule has 0 saturated heterocycles. The molecule has 1 aromatic carbocycles. The lowest BCUT2D eigenvalue weighted by Crippen LogP contribution is -2.15. The SMILES string of the molecule is Cc1cc(Cl)cc(C(F)(F)F)c1C(=O)CBr. The van der Waals surface area contributed by atoms with Gasteiger partial charge < -0.3 is 0 Å². The molecule has 0 amide bonds. The van der Waals surface area contributed by atoms with E-state index in [9.17, 15) is 18.0 Å². The third-order valence-electron chi connectivity index (χ3n) is 2.01. The van der Waals surface area contributed by atoms with Crippen LogP contribution in [0.25, 0.3) is 0 Å². The Morgan fingerprint density at radius 3 is 2.44 bits per heavy atom. The number of alkyl halides is 4. The van der Waals surface area contributed by atoms with Gasteiger partial charge in [0.25, 0.3) is 0 Å². The van der Waals surface area contributed by atoms with Gasteiger partial charge in [-0.1, -0.05) is 27.5 Å². The van der Waals surface area contributed by atoms with Gasteiger partial charge in [-0.05, 0) is 24.6 Å². The van der Waals surface area contributed by atoms with E-state index in [1.54, 1.807) is 0 Å². The zero-order chi connectivity index (χ0) is 12.5. The predicted molar refractivity (Wildman–Crippen MR) is 59.3 cm³/mol. The molecule has 0 aliphatic heterocycles. The molecule has 6 heteroatoms. The van der Waals surface area contributed by atoms with E-state index in [0.717, 1.165) is 6.07 Å². The molecular weight excluding hydrogens is 308 g/mol. The molecule has 0 aliphatic rings. The lowest BCUT2D eigenvalue weighted by molar-refractivity contribution is -0.137. The first-order valence-electron chi connectivity index (χ1n) is 4.24. The molecule has 0 aromatic heterocycles. The van der Waals surface area contributed by atoms with Gasteiger partial charge in [0.05, 0.1) is 10.9 Å². The molecule has 1 aromatic rings. The number of carbonyl (C=O) groups excluding carboxylic acids is 1. The minimum atomic E-state index is -4.58. The largest absolute Gasteiger partial charge is 0.417 e. The third kappa shape index (κ3) is 2.77. The van der Waals surface area contributed by atoms with Crippen molar-refractivity contribution in [1.29, 1.82) is 0 Å². The topological polar surface area (TPSA) is 17.1 Å². The summed E-state index contributed by atoms with van der Waals surface area (Å²) in [5.74, 6) is -0.610. The number of Topliss-reactive ketones (excluding diaryl/α,β-unsaturated/α-hetero) is 1. The highest BCUT2D eigenvalue weighted by atomic mass is 79.9. The zero-order valence-corrected chi connectivity index (χ0v) is 10.5. The number of hydrogen-bond donors (Lipinski definition) is 0. The van der Waals surface area contributed by atoms with Crippen LogP contribution in [0.1, 0.15) is 21.5 Å². The maximum absolute atomic E-state index is 12.7. The molecule has 0 radical (unpaired) electrons. The van der Waals surface area contributed by atoms with Crippen LogP contribution in [0.2, 0.25) is 5.02 Å². The molecule has 0 atom stereocenters. The maximum Gasteiger partial charge on any atom is 0.417 e. The molecular formula is C10H7BrClF3O.